The zero-order valence-electron chi connectivity index (χ0n) is 3.57. The van der Waals surface area contributed by atoms with Crippen LogP contribution in [-0.4, -0.2) is 8.96 Å². The van der Waals surface area contributed by atoms with E-state index in [1.54, 1.807) is 22.7 Å². The van der Waals surface area contributed by atoms with Crippen LogP contribution in [0.15, 0.2) is 18.7 Å². The summed E-state index contributed by atoms with van der Waals surface area (Å²) in [6, 6.07) is 0. The van der Waals surface area contributed by atoms with Crippen LogP contribution in [0.4, 0.5) is 0 Å². The first kappa shape index (κ1) is 6.91. The Balaban J connectivity index is 0.000000360. The summed E-state index contributed by atoms with van der Waals surface area (Å²) in [5, 5.41) is 0. The third-order valence-corrected chi connectivity index (χ3v) is 0.727. The lowest BCUT2D eigenvalue weighted by Gasteiger charge is -1.74. The molecule has 0 saturated carbocycles. The number of aromatic nitrogens is 2. The Hall–Kier alpha value is -0.0900. The number of imidazole rings is 1. The third-order valence-electron chi connectivity index (χ3n) is 0.490. The van der Waals surface area contributed by atoms with Crippen LogP contribution in [0.2, 0.25) is 0 Å². The maximum absolute atomic E-state index is 3.89. The maximum Gasteiger partial charge on any atom is 0.104 e. The molecule has 0 aromatic carbocycles. The molecule has 0 radical (unpaired) electrons. The summed E-state index contributed by atoms with van der Waals surface area (Å²) in [7, 11) is 0. The zero-order chi connectivity index (χ0) is 4.41. The molecule has 0 amide bonds. The Morgan fingerprint density at radius 3 is 2.43 bits per heavy atom. The van der Waals surface area contributed by atoms with Gasteiger partial charge in [-0.05, 0) is 0 Å². The first-order valence-electron chi connectivity index (χ1n) is 1.57. The van der Waals surface area contributed by atoms with Crippen molar-refractivity contribution in [2.75, 3.05) is 0 Å². The monoisotopic (exact) mass is 134 g/mol. The van der Waals surface area contributed by atoms with Gasteiger partial charge in [-0.25, -0.2) is 4.98 Å². The van der Waals surface area contributed by atoms with Crippen molar-refractivity contribution in [3.05, 3.63) is 18.7 Å². The summed E-state index contributed by atoms with van der Waals surface area (Å²) < 4.78 is 1.58. The number of hydrogen-bond acceptors (Lipinski definition) is 2. The van der Waals surface area contributed by atoms with Crippen LogP contribution in [0, 0.1) is 0 Å². The second-order valence-corrected chi connectivity index (χ2v) is 1.40. The quantitative estimate of drug-likeness (QED) is 0.517. The molecule has 2 nitrogen and oxygen atoms in total. The SMILES string of the molecule is S.Sn1ccnc1. The van der Waals surface area contributed by atoms with E-state index >= 15 is 0 Å². The van der Waals surface area contributed by atoms with E-state index in [0.29, 0.717) is 0 Å². The molecule has 1 aromatic heterocycles. The molecule has 0 bridgehead atoms. The van der Waals surface area contributed by atoms with Crippen LogP contribution in [0.25, 0.3) is 0 Å². The van der Waals surface area contributed by atoms with E-state index in [0.717, 1.165) is 0 Å². The molecule has 1 rings (SSSR count). The van der Waals surface area contributed by atoms with Gasteiger partial charge in [0.05, 0.1) is 0 Å². The predicted molar refractivity (Wildman–Crippen MR) is 37.0 cm³/mol. The van der Waals surface area contributed by atoms with E-state index in [2.05, 4.69) is 17.8 Å². The molecule has 0 saturated heterocycles. The predicted octanol–water partition coefficient (Wildman–Crippen LogP) is 0.689. The van der Waals surface area contributed by atoms with Gasteiger partial charge >= 0.3 is 0 Å². The molecule has 0 fully saturated rings. The third kappa shape index (κ3) is 1.89. The fourth-order valence-electron chi connectivity index (χ4n) is 0.252. The average Bonchev–Trinajstić information content (AvgIpc) is 1.86. The van der Waals surface area contributed by atoms with Crippen LogP contribution in [0.5, 0.6) is 0 Å². The molecular formula is C3H6N2S2. The number of hydrogen-bond donors (Lipinski definition) is 1. The van der Waals surface area contributed by atoms with Crippen molar-refractivity contribution in [3.63, 3.8) is 0 Å². The average molecular weight is 134 g/mol. The van der Waals surface area contributed by atoms with Gasteiger partial charge in [0.15, 0.2) is 0 Å². The molecular weight excluding hydrogens is 128 g/mol. The van der Waals surface area contributed by atoms with E-state index in [1.165, 1.54) is 0 Å². The van der Waals surface area contributed by atoms with Crippen molar-refractivity contribution in [2.45, 2.75) is 0 Å². The molecule has 1 aromatic rings. The Kier molecular flexibility index (Phi) is 2.95. The summed E-state index contributed by atoms with van der Waals surface area (Å²) in [4.78, 5) is 3.71. The van der Waals surface area contributed by atoms with Crippen molar-refractivity contribution in [2.24, 2.45) is 0 Å². The van der Waals surface area contributed by atoms with Gasteiger partial charge in [-0.3, -0.25) is 3.97 Å². The van der Waals surface area contributed by atoms with Crippen molar-refractivity contribution in [3.8, 4) is 0 Å². The van der Waals surface area contributed by atoms with Crippen molar-refractivity contribution < 1.29 is 0 Å². The van der Waals surface area contributed by atoms with Crippen LogP contribution in [0.3, 0.4) is 0 Å². The Morgan fingerprint density at radius 2 is 2.29 bits per heavy atom. The minimum Gasteiger partial charge on any atom is -0.283 e. The van der Waals surface area contributed by atoms with Crippen molar-refractivity contribution in [1.82, 2.24) is 8.96 Å². The minimum absolute atomic E-state index is 0. The molecule has 0 atom stereocenters. The summed E-state index contributed by atoms with van der Waals surface area (Å²) in [6.07, 6.45) is 5.04. The van der Waals surface area contributed by atoms with Crippen LogP contribution in [0.1, 0.15) is 0 Å². The summed E-state index contributed by atoms with van der Waals surface area (Å²) in [6.45, 7) is 0. The van der Waals surface area contributed by atoms with E-state index < -0.39 is 0 Å². The maximum atomic E-state index is 3.89. The van der Waals surface area contributed by atoms with E-state index in [-0.39, 0.29) is 13.5 Å². The van der Waals surface area contributed by atoms with Crippen LogP contribution >= 0.6 is 26.3 Å². The minimum atomic E-state index is 0. The molecule has 1 heterocycles. The highest BCUT2D eigenvalue weighted by atomic mass is 32.1. The first-order chi connectivity index (χ1) is 2.89. The second-order valence-electron chi connectivity index (χ2n) is 0.943. The Morgan fingerprint density at radius 1 is 1.57 bits per heavy atom. The molecule has 0 aliphatic heterocycles. The number of thiol groups is 1. The number of nitrogens with zero attached hydrogens (tertiary/aromatic N) is 2. The standard InChI is InChI=1S/C3H4N2S.H2S/c6-5-2-1-4-3-5;/h1-3,6H;1H2. The van der Waals surface area contributed by atoms with Gasteiger partial charge in [-0.1, -0.05) is 12.8 Å². The van der Waals surface area contributed by atoms with Gasteiger partial charge in [0.25, 0.3) is 0 Å². The molecule has 40 valence electrons. The second kappa shape index (κ2) is 2.98. The highest BCUT2D eigenvalue weighted by Crippen LogP contribution is 1.82. The van der Waals surface area contributed by atoms with E-state index in [9.17, 15) is 0 Å². The first-order valence-corrected chi connectivity index (χ1v) is 1.97. The lowest BCUT2D eigenvalue weighted by molar-refractivity contribution is 1.25. The molecule has 0 spiro atoms. The molecule has 0 N–H and O–H groups in total. The van der Waals surface area contributed by atoms with Crippen molar-refractivity contribution >= 4 is 26.3 Å². The lowest BCUT2D eigenvalue weighted by atomic mass is 11.0. The Bertz CT molecular complexity index is 114. The van der Waals surface area contributed by atoms with Gasteiger partial charge in [-0.2, -0.15) is 13.5 Å². The highest BCUT2D eigenvalue weighted by molar-refractivity contribution is 7.78. The summed E-state index contributed by atoms with van der Waals surface area (Å²) in [5.41, 5.74) is 0. The van der Waals surface area contributed by atoms with Crippen LogP contribution < -0.4 is 0 Å². The van der Waals surface area contributed by atoms with Gasteiger partial charge in [-0.15, -0.1) is 0 Å². The summed E-state index contributed by atoms with van der Waals surface area (Å²) in [5.74, 6) is 0. The zero-order valence-corrected chi connectivity index (χ0v) is 5.47. The molecule has 0 unspecified atom stereocenters. The molecule has 0 aliphatic rings. The van der Waals surface area contributed by atoms with Crippen molar-refractivity contribution in [1.29, 1.82) is 0 Å². The van der Waals surface area contributed by atoms with Gasteiger partial charge < -0.3 is 0 Å². The normalized spacial score (nSPS) is 7.57. The summed E-state index contributed by atoms with van der Waals surface area (Å²) >= 11 is 3.89. The topological polar surface area (TPSA) is 17.8 Å². The fraction of sp³-hybridized carbons (Fsp3) is 0. The fourth-order valence-corrected chi connectivity index (χ4v) is 0.371. The van der Waals surface area contributed by atoms with Crippen LogP contribution in [-0.2, 0) is 0 Å². The molecule has 0 aliphatic carbocycles. The van der Waals surface area contributed by atoms with E-state index in [1.807, 2.05) is 0 Å². The van der Waals surface area contributed by atoms with Gasteiger partial charge in [0, 0.05) is 12.4 Å². The highest BCUT2D eigenvalue weighted by Gasteiger charge is 1.70. The largest absolute Gasteiger partial charge is 0.283 e. The Labute approximate surface area is 54.6 Å². The van der Waals surface area contributed by atoms with E-state index in [4.69, 9.17) is 0 Å². The molecule has 4 heteroatoms. The van der Waals surface area contributed by atoms with Gasteiger partial charge in [0.1, 0.15) is 6.33 Å². The lowest BCUT2D eigenvalue weighted by Crippen LogP contribution is -1.65. The van der Waals surface area contributed by atoms with Gasteiger partial charge in [0.2, 0.25) is 0 Å². The smallest absolute Gasteiger partial charge is 0.104 e. The molecule has 7 heavy (non-hydrogen) atoms. The number of rotatable bonds is 0.